The smallest absolute Gasteiger partial charge is 0.155 e. The van der Waals surface area contributed by atoms with Crippen LogP contribution in [0, 0.1) is 5.92 Å². The van der Waals surface area contributed by atoms with Crippen molar-refractivity contribution in [1.29, 1.82) is 0 Å². The molecule has 3 heteroatoms. The van der Waals surface area contributed by atoms with Crippen LogP contribution in [0.3, 0.4) is 0 Å². The summed E-state index contributed by atoms with van der Waals surface area (Å²) < 4.78 is 0. The number of ketones is 2. The molecule has 0 radical (unpaired) electrons. The van der Waals surface area contributed by atoms with E-state index in [-0.39, 0.29) is 11.6 Å². The van der Waals surface area contributed by atoms with Crippen LogP contribution in [0.2, 0.25) is 0 Å². The summed E-state index contributed by atoms with van der Waals surface area (Å²) in [6.07, 6.45) is 12.0. The predicted molar refractivity (Wildman–Crippen MR) is 105 cm³/mol. The van der Waals surface area contributed by atoms with Gasteiger partial charge in [0.25, 0.3) is 0 Å². The molecular weight excluding hydrogens is 312 g/mol. The Morgan fingerprint density at radius 2 is 1.40 bits per heavy atom. The fraction of sp³-hybridized carbons (Fsp3) is 0.591. The van der Waals surface area contributed by atoms with E-state index in [0.29, 0.717) is 18.8 Å². The first-order chi connectivity index (χ1) is 12.0. The fourth-order valence-corrected chi connectivity index (χ4v) is 3.15. The number of unbranched alkanes of at least 4 members (excludes halogenated alkanes) is 2. The Balaban J connectivity index is 4.75. The van der Waals surface area contributed by atoms with Gasteiger partial charge in [0.05, 0.1) is 0 Å². The molecule has 25 heavy (non-hydrogen) atoms. The van der Waals surface area contributed by atoms with Gasteiger partial charge in [-0.15, -0.1) is 0 Å². The highest BCUT2D eigenvalue weighted by Gasteiger charge is 2.16. The summed E-state index contributed by atoms with van der Waals surface area (Å²) in [5.41, 5.74) is 2.16. The molecule has 0 amide bonds. The highest BCUT2D eigenvalue weighted by Crippen LogP contribution is 2.30. The zero-order valence-corrected chi connectivity index (χ0v) is 16.0. The summed E-state index contributed by atoms with van der Waals surface area (Å²) in [6, 6.07) is 0. The summed E-state index contributed by atoms with van der Waals surface area (Å²) >= 11 is 0. The van der Waals surface area contributed by atoms with Gasteiger partial charge in [0.15, 0.2) is 11.6 Å². The van der Waals surface area contributed by atoms with E-state index in [0.717, 1.165) is 63.2 Å². The van der Waals surface area contributed by atoms with E-state index >= 15 is 0 Å². The molecule has 1 atom stereocenters. The van der Waals surface area contributed by atoms with E-state index in [1.807, 2.05) is 6.92 Å². The van der Waals surface area contributed by atoms with Gasteiger partial charge in [-0.05, 0) is 68.6 Å². The minimum absolute atomic E-state index is 0.0792. The second-order valence-electron chi connectivity index (χ2n) is 6.42. The Bertz CT molecular complexity index is 486. The molecular formula is C22H34O3. The quantitative estimate of drug-likeness (QED) is 0.209. The van der Waals surface area contributed by atoms with Gasteiger partial charge in [-0.2, -0.15) is 0 Å². The van der Waals surface area contributed by atoms with Gasteiger partial charge in [0.2, 0.25) is 0 Å². The van der Waals surface area contributed by atoms with Gasteiger partial charge in [0, 0.05) is 12.8 Å². The van der Waals surface area contributed by atoms with Crippen molar-refractivity contribution < 1.29 is 14.4 Å². The maximum absolute atomic E-state index is 11.5. The number of rotatable bonds is 16. The molecule has 0 N–H and O–H groups in total. The van der Waals surface area contributed by atoms with E-state index < -0.39 is 0 Å². The van der Waals surface area contributed by atoms with Crippen LogP contribution in [0.15, 0.2) is 36.5 Å². The van der Waals surface area contributed by atoms with Crippen molar-refractivity contribution >= 4 is 17.9 Å². The molecule has 1 unspecified atom stereocenters. The van der Waals surface area contributed by atoms with Gasteiger partial charge in [0.1, 0.15) is 6.29 Å². The molecule has 0 bridgehead atoms. The number of aldehydes is 1. The topological polar surface area (TPSA) is 51.2 Å². The van der Waals surface area contributed by atoms with Crippen molar-refractivity contribution in [3.63, 3.8) is 0 Å². The molecule has 0 saturated carbocycles. The lowest BCUT2D eigenvalue weighted by Crippen LogP contribution is -2.08. The monoisotopic (exact) mass is 346 g/mol. The molecule has 3 nitrogen and oxygen atoms in total. The SMILES string of the molecule is C=CC(=O)CCCCC(=C(C=O)CC)C(CC)CCCCC(=O)C=C. The number of carbonyl (C=O) groups excluding carboxylic acids is 3. The van der Waals surface area contributed by atoms with E-state index in [9.17, 15) is 14.4 Å². The van der Waals surface area contributed by atoms with E-state index in [2.05, 4.69) is 20.1 Å². The summed E-state index contributed by atoms with van der Waals surface area (Å²) in [6.45, 7) is 11.2. The molecule has 0 heterocycles. The molecule has 0 spiro atoms. The first kappa shape index (κ1) is 23.2. The maximum Gasteiger partial charge on any atom is 0.155 e. The van der Waals surface area contributed by atoms with Gasteiger partial charge >= 0.3 is 0 Å². The predicted octanol–water partition coefficient (Wildman–Crippen LogP) is 5.55. The molecule has 140 valence electrons. The van der Waals surface area contributed by atoms with Crippen molar-refractivity contribution in [3.05, 3.63) is 36.5 Å². The average Bonchev–Trinajstić information content (AvgIpc) is 2.64. The van der Waals surface area contributed by atoms with Crippen LogP contribution in [-0.4, -0.2) is 17.9 Å². The molecule has 0 saturated heterocycles. The Kier molecular flexibility index (Phi) is 13.5. The second kappa shape index (κ2) is 14.6. The molecule has 0 aromatic rings. The van der Waals surface area contributed by atoms with Crippen molar-refractivity contribution in [1.82, 2.24) is 0 Å². The third-order valence-electron chi connectivity index (χ3n) is 4.72. The van der Waals surface area contributed by atoms with Crippen molar-refractivity contribution in [2.45, 2.75) is 78.1 Å². The van der Waals surface area contributed by atoms with Crippen molar-refractivity contribution in [2.24, 2.45) is 5.92 Å². The Morgan fingerprint density at radius 1 is 0.880 bits per heavy atom. The van der Waals surface area contributed by atoms with Gasteiger partial charge in [-0.3, -0.25) is 14.4 Å². The first-order valence-electron chi connectivity index (χ1n) is 9.51. The van der Waals surface area contributed by atoms with Crippen LogP contribution in [-0.2, 0) is 14.4 Å². The summed E-state index contributed by atoms with van der Waals surface area (Å²) in [5, 5.41) is 0. The van der Waals surface area contributed by atoms with Gasteiger partial charge < -0.3 is 0 Å². The zero-order valence-electron chi connectivity index (χ0n) is 16.0. The summed E-state index contributed by atoms with van der Waals surface area (Å²) in [4.78, 5) is 34.1. The largest absolute Gasteiger partial charge is 0.298 e. The molecule has 0 aromatic heterocycles. The minimum atomic E-state index is 0.0792. The van der Waals surface area contributed by atoms with Crippen LogP contribution in [0.25, 0.3) is 0 Å². The van der Waals surface area contributed by atoms with Crippen LogP contribution in [0.4, 0.5) is 0 Å². The Labute approximate surface area is 153 Å². The van der Waals surface area contributed by atoms with Gasteiger partial charge in [-0.1, -0.05) is 39.0 Å². The third-order valence-corrected chi connectivity index (χ3v) is 4.72. The summed E-state index contributed by atoms with van der Waals surface area (Å²) in [5.74, 6) is 0.558. The van der Waals surface area contributed by atoms with E-state index in [1.165, 1.54) is 17.7 Å². The van der Waals surface area contributed by atoms with Crippen LogP contribution in [0.1, 0.15) is 78.1 Å². The summed E-state index contributed by atoms with van der Waals surface area (Å²) in [7, 11) is 0. The minimum Gasteiger partial charge on any atom is -0.298 e. The maximum atomic E-state index is 11.5. The van der Waals surface area contributed by atoms with Crippen LogP contribution < -0.4 is 0 Å². The van der Waals surface area contributed by atoms with Crippen molar-refractivity contribution in [2.75, 3.05) is 0 Å². The Hall–Kier alpha value is -1.77. The number of allylic oxidation sites excluding steroid dienone is 4. The normalized spacial score (nSPS) is 12.9. The van der Waals surface area contributed by atoms with Crippen LogP contribution >= 0.6 is 0 Å². The van der Waals surface area contributed by atoms with E-state index in [1.54, 1.807) is 0 Å². The lowest BCUT2D eigenvalue weighted by Gasteiger charge is -2.21. The highest BCUT2D eigenvalue weighted by molar-refractivity contribution is 5.89. The van der Waals surface area contributed by atoms with Crippen LogP contribution in [0.5, 0.6) is 0 Å². The molecule has 0 aliphatic rings. The lowest BCUT2D eigenvalue weighted by atomic mass is 9.84. The fourth-order valence-electron chi connectivity index (χ4n) is 3.15. The standard InChI is InChI=1S/C22H34O3/c1-5-18(13-9-10-14-20(24)7-3)22(19(6-2)17-23)16-12-11-15-21(25)8-4/h7-8,17-18H,3-6,9-16H2,1-2H3. The van der Waals surface area contributed by atoms with Gasteiger partial charge in [-0.25, -0.2) is 0 Å². The lowest BCUT2D eigenvalue weighted by molar-refractivity contribution is -0.115. The molecule has 0 aliphatic heterocycles. The molecule has 0 aromatic carbocycles. The average molecular weight is 347 g/mol. The molecule has 0 rings (SSSR count). The second-order valence-corrected chi connectivity index (χ2v) is 6.42. The molecule has 0 fully saturated rings. The molecule has 0 aliphatic carbocycles. The highest BCUT2D eigenvalue weighted by atomic mass is 16.1. The number of hydrogen-bond donors (Lipinski definition) is 0. The van der Waals surface area contributed by atoms with Crippen molar-refractivity contribution in [3.8, 4) is 0 Å². The third kappa shape index (κ3) is 9.96. The van der Waals surface area contributed by atoms with E-state index in [4.69, 9.17) is 0 Å². The Morgan fingerprint density at radius 3 is 1.84 bits per heavy atom. The first-order valence-corrected chi connectivity index (χ1v) is 9.51. The number of carbonyl (C=O) groups is 3. The number of hydrogen-bond acceptors (Lipinski definition) is 3. The zero-order chi connectivity index (χ0) is 19.1.